The highest BCUT2D eigenvalue weighted by atomic mass is 19.4. The van der Waals surface area contributed by atoms with E-state index in [1.54, 1.807) is 4.90 Å². The molecule has 0 bridgehead atoms. The summed E-state index contributed by atoms with van der Waals surface area (Å²) in [5.41, 5.74) is 7.16. The summed E-state index contributed by atoms with van der Waals surface area (Å²) in [4.78, 5) is 47.1. The highest BCUT2D eigenvalue weighted by Crippen LogP contribution is 2.21. The van der Waals surface area contributed by atoms with Crippen LogP contribution in [0.5, 0.6) is 0 Å². The monoisotopic (exact) mass is 553 g/mol. The van der Waals surface area contributed by atoms with E-state index >= 15 is 0 Å². The van der Waals surface area contributed by atoms with Gasteiger partial charge in [0.05, 0.1) is 12.1 Å². The molecule has 212 valence electrons. The number of rotatable bonds is 8. The van der Waals surface area contributed by atoms with Gasteiger partial charge in [0.15, 0.2) is 6.10 Å². The number of amides is 2. The third kappa shape index (κ3) is 8.99. The number of carbonyl (C=O) groups excluding carboxylic acids is 2. The molecule has 5 N–H and O–H groups in total. The number of fused-ring (bicyclic) bond motifs is 1. The molecule has 0 spiro atoms. The summed E-state index contributed by atoms with van der Waals surface area (Å²) in [6.45, 7) is 4.17. The van der Waals surface area contributed by atoms with Gasteiger partial charge in [-0.1, -0.05) is 49.4 Å². The molecule has 0 unspecified atom stereocenters. The molecule has 2 aromatic rings. The van der Waals surface area contributed by atoms with Gasteiger partial charge < -0.3 is 30.9 Å². The predicted octanol–water partition coefficient (Wildman–Crippen LogP) is 2.45. The number of nitrogens with two attached hydrogens (primary N) is 1. The number of aliphatic carboxylic acids is 2. The molecule has 0 radical (unpaired) electrons. The molecule has 2 aromatic carbocycles. The van der Waals surface area contributed by atoms with Gasteiger partial charge in [0, 0.05) is 20.0 Å². The third-order valence-corrected chi connectivity index (χ3v) is 5.69. The number of alkyl halides is 3. The van der Waals surface area contributed by atoms with Crippen LogP contribution < -0.4 is 11.1 Å². The lowest BCUT2D eigenvalue weighted by molar-refractivity contribution is -0.192. The molecule has 0 saturated carbocycles. The van der Waals surface area contributed by atoms with Crippen molar-refractivity contribution in [2.75, 3.05) is 13.1 Å². The van der Waals surface area contributed by atoms with Crippen molar-refractivity contribution in [1.82, 2.24) is 10.2 Å². The van der Waals surface area contributed by atoms with E-state index in [-0.39, 0.29) is 11.7 Å². The van der Waals surface area contributed by atoms with Crippen molar-refractivity contribution in [1.29, 1.82) is 0 Å². The van der Waals surface area contributed by atoms with Crippen LogP contribution in [0.2, 0.25) is 0 Å². The Balaban J connectivity index is 0.000000673. The van der Waals surface area contributed by atoms with Crippen LogP contribution >= 0.6 is 0 Å². The summed E-state index contributed by atoms with van der Waals surface area (Å²) in [7, 11) is 0. The summed E-state index contributed by atoms with van der Waals surface area (Å²) in [6.07, 6.45) is -3.74. The third-order valence-electron chi connectivity index (χ3n) is 5.69. The van der Waals surface area contributed by atoms with Gasteiger partial charge in [-0.15, -0.1) is 0 Å². The molecule has 1 aliphatic rings. The van der Waals surface area contributed by atoms with Gasteiger partial charge in [-0.05, 0) is 35.3 Å². The zero-order chi connectivity index (χ0) is 29.3. The molecule has 3 atom stereocenters. The molecule has 39 heavy (non-hydrogen) atoms. The van der Waals surface area contributed by atoms with Crippen LogP contribution in [0.1, 0.15) is 25.8 Å². The highest BCUT2D eigenvalue weighted by molar-refractivity contribution is 5.88. The minimum absolute atomic E-state index is 0.378. The summed E-state index contributed by atoms with van der Waals surface area (Å²) in [6, 6.07) is 12.5. The predicted molar refractivity (Wildman–Crippen MR) is 134 cm³/mol. The molecule has 0 aliphatic carbocycles. The Bertz CT molecular complexity index is 1230. The van der Waals surface area contributed by atoms with E-state index in [0.717, 1.165) is 16.3 Å². The van der Waals surface area contributed by atoms with Crippen molar-refractivity contribution in [2.24, 2.45) is 5.73 Å². The number of carbonyl (C=O) groups is 4. The standard InChI is InChI=1S/C24H29N3O5.C2HF3O2/c1-3-11-27(12-10-16-8-9-17-6-4-5-7-18(17)13-16)23(29)22-21(26-15(2)28)19(25)14-20(32-22)24(30)31;3-2(4,5)1(6)7/h4-9,13-14,19,21-22H,3,10-12,25H2,1-2H3,(H,26,28)(H,30,31);(H,6,7)/t19-,21+,22+;/m0./s1. The molecule has 0 saturated heterocycles. The maximum absolute atomic E-state index is 13.4. The number of hydrogen-bond donors (Lipinski definition) is 4. The van der Waals surface area contributed by atoms with E-state index in [1.807, 2.05) is 37.3 Å². The van der Waals surface area contributed by atoms with Crippen LogP contribution in [-0.2, 0) is 30.3 Å². The Morgan fingerprint density at radius 2 is 1.67 bits per heavy atom. The second-order valence-corrected chi connectivity index (χ2v) is 8.74. The largest absolute Gasteiger partial charge is 0.490 e. The van der Waals surface area contributed by atoms with Crippen molar-refractivity contribution < 1.29 is 47.3 Å². The van der Waals surface area contributed by atoms with E-state index in [1.165, 1.54) is 13.0 Å². The fraction of sp³-hybridized carbons (Fsp3) is 0.385. The normalized spacial score (nSPS) is 18.6. The Kier molecular flexibility index (Phi) is 10.8. The number of benzene rings is 2. The Labute approximate surface area is 222 Å². The summed E-state index contributed by atoms with van der Waals surface area (Å²) >= 11 is 0. The number of carboxylic acid groups (broad SMARTS) is 2. The fourth-order valence-electron chi connectivity index (χ4n) is 3.90. The van der Waals surface area contributed by atoms with Gasteiger partial charge in [-0.25, -0.2) is 9.59 Å². The maximum atomic E-state index is 13.4. The summed E-state index contributed by atoms with van der Waals surface area (Å²) in [5, 5.41) is 21.4. The zero-order valence-corrected chi connectivity index (χ0v) is 21.3. The Hall–Kier alpha value is -4.13. The molecule has 0 fully saturated rings. The molecule has 2 amide bonds. The van der Waals surface area contributed by atoms with Gasteiger partial charge in [-0.3, -0.25) is 9.59 Å². The number of halogens is 3. The van der Waals surface area contributed by atoms with E-state index < -0.39 is 42.2 Å². The zero-order valence-electron chi connectivity index (χ0n) is 21.3. The van der Waals surface area contributed by atoms with Crippen molar-refractivity contribution in [3.8, 4) is 0 Å². The smallest absolute Gasteiger partial charge is 0.475 e. The molecule has 1 heterocycles. The van der Waals surface area contributed by atoms with Crippen molar-refractivity contribution in [2.45, 2.75) is 51.1 Å². The lowest BCUT2D eigenvalue weighted by Crippen LogP contribution is -2.61. The topological polar surface area (TPSA) is 159 Å². The first kappa shape index (κ1) is 31.1. The van der Waals surface area contributed by atoms with Crippen molar-refractivity contribution in [3.63, 3.8) is 0 Å². The summed E-state index contributed by atoms with van der Waals surface area (Å²) in [5.74, 6) is -5.22. The SMILES string of the molecule is CCCN(CCc1ccc2ccccc2c1)C(=O)[C@@H]1OC(C(=O)O)=C[C@H](N)[C@H]1NC(C)=O.O=C(O)C(F)(F)F. The molecule has 1 aliphatic heterocycles. The van der Waals surface area contributed by atoms with Crippen LogP contribution in [0.3, 0.4) is 0 Å². The van der Waals surface area contributed by atoms with E-state index in [9.17, 15) is 32.7 Å². The van der Waals surface area contributed by atoms with Crippen molar-refractivity contribution in [3.05, 3.63) is 59.9 Å². The van der Waals surface area contributed by atoms with Crippen LogP contribution in [-0.4, -0.2) is 76.3 Å². The first-order chi connectivity index (χ1) is 18.2. The second-order valence-electron chi connectivity index (χ2n) is 8.74. The molecular formula is C26H30F3N3O7. The first-order valence-corrected chi connectivity index (χ1v) is 12.0. The van der Waals surface area contributed by atoms with Gasteiger partial charge >= 0.3 is 18.1 Å². The minimum Gasteiger partial charge on any atom is -0.475 e. The number of nitrogens with zero attached hydrogens (tertiary/aromatic N) is 1. The van der Waals surface area contributed by atoms with Crippen LogP contribution in [0.15, 0.2) is 54.3 Å². The molecule has 13 heteroatoms. The number of nitrogens with one attached hydrogen (secondary N) is 1. The quantitative estimate of drug-likeness (QED) is 0.388. The molecular weight excluding hydrogens is 523 g/mol. The molecule has 10 nitrogen and oxygen atoms in total. The highest BCUT2D eigenvalue weighted by Gasteiger charge is 2.42. The van der Waals surface area contributed by atoms with E-state index in [0.29, 0.717) is 25.9 Å². The minimum atomic E-state index is -5.08. The number of carboxylic acids is 2. The Morgan fingerprint density at radius 3 is 2.21 bits per heavy atom. The van der Waals surface area contributed by atoms with Crippen molar-refractivity contribution >= 4 is 34.5 Å². The second kappa shape index (κ2) is 13.6. The first-order valence-electron chi connectivity index (χ1n) is 12.0. The van der Waals surface area contributed by atoms with Gasteiger partial charge in [-0.2, -0.15) is 13.2 Å². The lowest BCUT2D eigenvalue weighted by atomic mass is 9.97. The molecule has 0 aromatic heterocycles. The van der Waals surface area contributed by atoms with E-state index in [2.05, 4.69) is 17.4 Å². The molecule has 3 rings (SSSR count). The maximum Gasteiger partial charge on any atom is 0.490 e. The van der Waals surface area contributed by atoms with Crippen LogP contribution in [0.25, 0.3) is 10.8 Å². The number of hydrogen-bond acceptors (Lipinski definition) is 6. The Morgan fingerprint density at radius 1 is 1.05 bits per heavy atom. The van der Waals surface area contributed by atoms with Crippen LogP contribution in [0.4, 0.5) is 13.2 Å². The average Bonchev–Trinajstić information content (AvgIpc) is 2.86. The fourth-order valence-corrected chi connectivity index (χ4v) is 3.90. The average molecular weight is 554 g/mol. The number of ether oxygens (including phenoxy) is 1. The van der Waals surface area contributed by atoms with Gasteiger partial charge in [0.1, 0.15) is 0 Å². The van der Waals surface area contributed by atoms with Crippen LogP contribution in [0, 0.1) is 0 Å². The van der Waals surface area contributed by atoms with Gasteiger partial charge in [0.25, 0.3) is 5.91 Å². The summed E-state index contributed by atoms with van der Waals surface area (Å²) < 4.78 is 37.2. The van der Waals surface area contributed by atoms with E-state index in [4.69, 9.17) is 20.4 Å². The van der Waals surface area contributed by atoms with Gasteiger partial charge in [0.2, 0.25) is 11.7 Å². The lowest BCUT2D eigenvalue weighted by Gasteiger charge is -2.37.